The Morgan fingerprint density at radius 2 is 1.76 bits per heavy atom. The molecule has 2 fully saturated rings. The van der Waals surface area contributed by atoms with Gasteiger partial charge in [0.25, 0.3) is 10.0 Å². The zero-order valence-corrected chi connectivity index (χ0v) is 28.7. The predicted molar refractivity (Wildman–Crippen MR) is 191 cm³/mol. The SMILES string of the molecule is Nc1c(N2CCC3(CCCO3)CC2)cccc1N(N)c1ccc2ncnc(Nc3c(F)ccc(NS(=O)(=O)c4cccc(Cl)c4Cl)c3F)c2n1. The van der Waals surface area contributed by atoms with Crippen LogP contribution >= 0.6 is 23.2 Å². The van der Waals surface area contributed by atoms with Crippen molar-refractivity contribution in [3.8, 4) is 0 Å². The minimum absolute atomic E-state index is 0.0139. The van der Waals surface area contributed by atoms with Gasteiger partial charge in [-0.3, -0.25) is 9.73 Å². The number of benzene rings is 3. The number of anilines is 7. The van der Waals surface area contributed by atoms with E-state index in [-0.39, 0.29) is 37.7 Å². The van der Waals surface area contributed by atoms with Crippen LogP contribution < -0.4 is 31.5 Å². The molecule has 1 spiro atoms. The Balaban J connectivity index is 1.17. The van der Waals surface area contributed by atoms with Crippen LogP contribution in [-0.4, -0.2) is 48.7 Å². The van der Waals surface area contributed by atoms with Gasteiger partial charge in [-0.25, -0.2) is 38.0 Å². The highest BCUT2D eigenvalue weighted by atomic mass is 35.5. The normalized spacial score (nSPS) is 15.8. The summed E-state index contributed by atoms with van der Waals surface area (Å²) in [6, 6.07) is 14.7. The number of piperidine rings is 1. The van der Waals surface area contributed by atoms with Crippen LogP contribution in [0.2, 0.25) is 10.0 Å². The molecule has 4 heterocycles. The number of hydrazine groups is 1. The Kier molecular flexibility index (Phi) is 9.03. The zero-order valence-electron chi connectivity index (χ0n) is 26.3. The molecule has 2 aromatic heterocycles. The molecule has 2 aliphatic rings. The molecule has 2 aliphatic heterocycles. The highest BCUT2D eigenvalue weighted by Gasteiger charge is 2.38. The maximum Gasteiger partial charge on any atom is 0.263 e. The van der Waals surface area contributed by atoms with Crippen LogP contribution in [-0.2, 0) is 14.8 Å². The molecule has 3 aromatic carbocycles. The van der Waals surface area contributed by atoms with Gasteiger partial charge in [-0.15, -0.1) is 0 Å². The number of aromatic nitrogens is 3. The van der Waals surface area contributed by atoms with Crippen LogP contribution in [0.1, 0.15) is 25.7 Å². The summed E-state index contributed by atoms with van der Waals surface area (Å²) in [6.45, 7) is 2.39. The Hall–Kier alpha value is -4.54. The summed E-state index contributed by atoms with van der Waals surface area (Å²) >= 11 is 12.1. The Bertz CT molecular complexity index is 2220. The van der Waals surface area contributed by atoms with E-state index in [4.69, 9.17) is 39.5 Å². The second-order valence-corrected chi connectivity index (χ2v) is 14.5. The van der Waals surface area contributed by atoms with Gasteiger partial charge in [0.2, 0.25) is 0 Å². The highest BCUT2D eigenvalue weighted by molar-refractivity contribution is 7.92. The third-order valence-electron chi connectivity index (χ3n) is 9.02. The van der Waals surface area contributed by atoms with E-state index < -0.39 is 33.0 Å². The summed E-state index contributed by atoms with van der Waals surface area (Å²) in [5, 5.41) is 3.67. The lowest BCUT2D eigenvalue weighted by molar-refractivity contribution is -0.0146. The lowest BCUT2D eigenvalue weighted by Gasteiger charge is -2.40. The summed E-state index contributed by atoms with van der Waals surface area (Å²) in [6.07, 6.45) is 5.17. The molecule has 6 N–H and O–H groups in total. The minimum Gasteiger partial charge on any atom is -0.395 e. The average molecular weight is 743 g/mol. The maximum atomic E-state index is 15.8. The van der Waals surface area contributed by atoms with E-state index in [1.807, 2.05) is 12.1 Å². The molecule has 2 saturated heterocycles. The molecule has 0 aliphatic carbocycles. The lowest BCUT2D eigenvalue weighted by Crippen LogP contribution is -2.44. The minimum atomic E-state index is -4.42. The molecule has 260 valence electrons. The number of halogens is 4. The monoisotopic (exact) mass is 741 g/mol. The quantitative estimate of drug-likeness (QED) is 0.0743. The molecule has 50 heavy (non-hydrogen) atoms. The van der Waals surface area contributed by atoms with E-state index >= 15 is 8.78 Å². The smallest absolute Gasteiger partial charge is 0.263 e. The molecule has 0 bridgehead atoms. The van der Waals surface area contributed by atoms with Gasteiger partial charge in [0.15, 0.2) is 11.6 Å². The first-order valence-corrected chi connectivity index (χ1v) is 17.9. The van der Waals surface area contributed by atoms with E-state index in [2.05, 4.69) is 29.9 Å². The molecule has 0 unspecified atom stereocenters. The van der Waals surface area contributed by atoms with Crippen molar-refractivity contribution in [3.63, 3.8) is 0 Å². The first kappa shape index (κ1) is 33.9. The first-order chi connectivity index (χ1) is 24.0. The summed E-state index contributed by atoms with van der Waals surface area (Å²) in [7, 11) is -4.42. The van der Waals surface area contributed by atoms with Crippen molar-refractivity contribution >= 4 is 84.3 Å². The van der Waals surface area contributed by atoms with Crippen LogP contribution in [0.4, 0.5) is 48.9 Å². The van der Waals surface area contributed by atoms with E-state index in [0.29, 0.717) is 16.9 Å². The Morgan fingerprint density at radius 3 is 2.52 bits per heavy atom. The number of nitrogens with two attached hydrogens (primary N) is 2. The maximum absolute atomic E-state index is 15.8. The van der Waals surface area contributed by atoms with Crippen LogP contribution in [0.5, 0.6) is 0 Å². The van der Waals surface area contributed by atoms with E-state index in [1.54, 1.807) is 18.2 Å². The number of pyridine rings is 1. The number of sulfonamides is 1. The molecule has 12 nitrogen and oxygen atoms in total. The van der Waals surface area contributed by atoms with Crippen molar-refractivity contribution in [2.75, 3.05) is 45.4 Å². The Morgan fingerprint density at radius 1 is 0.980 bits per heavy atom. The number of nitrogens with one attached hydrogen (secondary N) is 2. The molecule has 0 radical (unpaired) electrons. The van der Waals surface area contributed by atoms with Crippen molar-refractivity contribution in [1.29, 1.82) is 0 Å². The van der Waals surface area contributed by atoms with Crippen LogP contribution in [0.3, 0.4) is 0 Å². The van der Waals surface area contributed by atoms with Crippen molar-refractivity contribution in [1.82, 2.24) is 15.0 Å². The van der Waals surface area contributed by atoms with E-state index in [1.165, 1.54) is 29.5 Å². The number of rotatable bonds is 8. The number of hydrogen-bond acceptors (Lipinski definition) is 11. The molecule has 7 rings (SSSR count). The summed E-state index contributed by atoms with van der Waals surface area (Å²) in [4.78, 5) is 14.8. The Labute approximate surface area is 296 Å². The first-order valence-electron chi connectivity index (χ1n) is 15.6. The molecule has 17 heteroatoms. The van der Waals surface area contributed by atoms with Gasteiger partial charge in [0.1, 0.15) is 34.1 Å². The van der Waals surface area contributed by atoms with Crippen molar-refractivity contribution in [2.45, 2.75) is 36.2 Å². The van der Waals surface area contributed by atoms with Gasteiger partial charge in [-0.2, -0.15) is 0 Å². The predicted octanol–water partition coefficient (Wildman–Crippen LogP) is 6.90. The van der Waals surface area contributed by atoms with Crippen molar-refractivity contribution in [3.05, 3.63) is 88.7 Å². The van der Waals surface area contributed by atoms with Crippen molar-refractivity contribution in [2.24, 2.45) is 5.84 Å². The highest BCUT2D eigenvalue weighted by Crippen LogP contribution is 2.41. The van der Waals surface area contributed by atoms with Crippen LogP contribution in [0.15, 0.2) is 71.9 Å². The summed E-state index contributed by atoms with van der Waals surface area (Å²) < 4.78 is 65.2. The summed E-state index contributed by atoms with van der Waals surface area (Å²) in [5.41, 5.74) is 7.66. The zero-order chi connectivity index (χ0) is 35.2. The number of nitrogens with zero attached hydrogens (tertiary/aromatic N) is 5. The molecule has 0 amide bonds. The fourth-order valence-electron chi connectivity index (χ4n) is 6.37. The fourth-order valence-corrected chi connectivity index (χ4v) is 8.19. The van der Waals surface area contributed by atoms with E-state index in [9.17, 15) is 8.42 Å². The van der Waals surface area contributed by atoms with Gasteiger partial charge < -0.3 is 20.7 Å². The number of hydrogen-bond donors (Lipinski definition) is 4. The molecule has 5 aromatic rings. The van der Waals surface area contributed by atoms with Crippen LogP contribution in [0.25, 0.3) is 11.0 Å². The fraction of sp³-hybridized carbons (Fsp3) is 0.242. The standard InChI is InChI=1S/C33H31Cl2F2N9O3S/c34-19-4-1-7-25(27(19)35)50(47,48)44-21-9-8-20(36)30(28(21)37)43-32-31-22(40-18-41-32)10-11-26(42-31)46(39)24-6-2-5-23(29(24)38)45-15-13-33(14-16-45)12-3-17-49-33/h1-2,4-11,18,44H,3,12-17,38-39H2,(H,40,41,43). The largest absolute Gasteiger partial charge is 0.395 e. The molecule has 0 saturated carbocycles. The topological polar surface area (TPSA) is 165 Å². The number of nitrogen functional groups attached to an aromatic ring is 1. The van der Waals surface area contributed by atoms with Crippen LogP contribution in [0, 0.1) is 11.6 Å². The third-order valence-corrected chi connectivity index (χ3v) is 11.4. The average Bonchev–Trinajstić information content (AvgIpc) is 3.56. The number of fused-ring (bicyclic) bond motifs is 1. The summed E-state index contributed by atoms with van der Waals surface area (Å²) in [5.74, 6) is 4.49. The van der Waals surface area contributed by atoms with Gasteiger partial charge in [-0.1, -0.05) is 35.3 Å². The van der Waals surface area contributed by atoms with Gasteiger partial charge in [-0.05, 0) is 74.2 Å². The van der Waals surface area contributed by atoms with Gasteiger partial charge in [0, 0.05) is 19.7 Å². The molecule has 0 atom stereocenters. The molecular weight excluding hydrogens is 711 g/mol. The van der Waals surface area contributed by atoms with E-state index in [0.717, 1.165) is 63.2 Å². The number of ether oxygens (including phenoxy) is 1. The van der Waals surface area contributed by atoms with Gasteiger partial charge in [0.05, 0.1) is 43.9 Å². The van der Waals surface area contributed by atoms with Gasteiger partial charge >= 0.3 is 0 Å². The van der Waals surface area contributed by atoms with Crippen molar-refractivity contribution < 1.29 is 21.9 Å². The second-order valence-electron chi connectivity index (χ2n) is 12.0. The molecular formula is C33H31Cl2F2N9O3S. The third kappa shape index (κ3) is 6.31. The number of para-hydroxylation sites is 1. The second kappa shape index (κ2) is 13.3. The lowest BCUT2D eigenvalue weighted by atomic mass is 9.88.